The Kier molecular flexibility index (Phi) is 5.85. The number of alkyl halides is 1. The van der Waals surface area contributed by atoms with Crippen LogP contribution in [0.25, 0.3) is 0 Å². The van der Waals surface area contributed by atoms with E-state index in [1.807, 2.05) is 13.8 Å². The summed E-state index contributed by atoms with van der Waals surface area (Å²) in [7, 11) is 0. The minimum absolute atomic E-state index is 0.272. The van der Waals surface area contributed by atoms with Crippen molar-refractivity contribution in [3.63, 3.8) is 0 Å². The summed E-state index contributed by atoms with van der Waals surface area (Å²) in [6.45, 7) is 4.00. The van der Waals surface area contributed by atoms with E-state index in [0.29, 0.717) is 5.88 Å². The van der Waals surface area contributed by atoms with E-state index >= 15 is 0 Å². The molecule has 1 N–H and O–H groups in total. The third-order valence-corrected chi connectivity index (χ3v) is 1.70. The molecular formula is C8H12Cl2NO+. The number of aromatic nitrogens is 1. The predicted octanol–water partition coefficient (Wildman–Crippen LogP) is 2.63. The van der Waals surface area contributed by atoms with Gasteiger partial charge in [0.15, 0.2) is 0 Å². The molecule has 68 valence electrons. The van der Waals surface area contributed by atoms with Gasteiger partial charge in [-0.25, -0.2) is 0 Å². The summed E-state index contributed by atoms with van der Waals surface area (Å²) in [4.78, 5) is 0. The first-order valence-corrected chi connectivity index (χ1v) is 4.60. The van der Waals surface area contributed by atoms with E-state index in [1.54, 1.807) is 12.1 Å². The van der Waals surface area contributed by atoms with Crippen molar-refractivity contribution >= 4 is 23.2 Å². The molecule has 0 bridgehead atoms. The molecule has 0 aliphatic rings. The normalized spacial score (nSPS) is 8.67. The lowest BCUT2D eigenvalue weighted by Crippen LogP contribution is -2.31. The fourth-order valence-electron chi connectivity index (χ4n) is 0.593. The van der Waals surface area contributed by atoms with Gasteiger partial charge >= 0.3 is 5.15 Å². The Bertz CT molecular complexity index is 240. The standard InChI is InChI=1S/C6H6Cl2NO.C2H6/c7-3-5-1-2-6(8)9(10)4-5;1-2/h1-2,4,10H,3H2;1-2H3/q+1;. The molecule has 0 aliphatic heterocycles. The van der Waals surface area contributed by atoms with Crippen LogP contribution in [0.15, 0.2) is 18.3 Å². The molecule has 1 heterocycles. The van der Waals surface area contributed by atoms with Gasteiger partial charge in [0.05, 0.1) is 5.88 Å². The van der Waals surface area contributed by atoms with Crippen LogP contribution in [-0.2, 0) is 5.88 Å². The Morgan fingerprint density at radius 1 is 1.42 bits per heavy atom. The first kappa shape index (κ1) is 11.5. The molecule has 0 amide bonds. The van der Waals surface area contributed by atoms with E-state index in [9.17, 15) is 0 Å². The lowest BCUT2D eigenvalue weighted by atomic mass is 10.3. The van der Waals surface area contributed by atoms with Gasteiger partial charge < -0.3 is 0 Å². The maximum atomic E-state index is 8.96. The number of halogens is 2. The maximum Gasteiger partial charge on any atom is 0.325 e. The second-order valence-electron chi connectivity index (χ2n) is 1.84. The summed E-state index contributed by atoms with van der Waals surface area (Å²) in [5, 5.41) is 9.23. The van der Waals surface area contributed by atoms with Crippen molar-refractivity contribution in [2.24, 2.45) is 0 Å². The second-order valence-corrected chi connectivity index (χ2v) is 2.49. The Morgan fingerprint density at radius 3 is 2.42 bits per heavy atom. The number of hydrogen-bond acceptors (Lipinski definition) is 1. The highest BCUT2D eigenvalue weighted by atomic mass is 35.5. The Hall–Kier alpha value is -0.470. The number of hydrogen-bond donors (Lipinski definition) is 1. The summed E-state index contributed by atoms with van der Waals surface area (Å²) in [6, 6.07) is 3.33. The molecule has 12 heavy (non-hydrogen) atoms. The predicted molar refractivity (Wildman–Crippen MR) is 49.7 cm³/mol. The highest BCUT2D eigenvalue weighted by molar-refractivity contribution is 6.28. The van der Waals surface area contributed by atoms with Gasteiger partial charge in [-0.05, 0) is 17.7 Å². The highest BCUT2D eigenvalue weighted by Crippen LogP contribution is 2.04. The minimum atomic E-state index is 0.272. The van der Waals surface area contributed by atoms with Crippen molar-refractivity contribution in [3.8, 4) is 0 Å². The molecule has 4 heteroatoms. The molecule has 0 aromatic carbocycles. The molecule has 0 unspecified atom stereocenters. The van der Waals surface area contributed by atoms with Crippen LogP contribution >= 0.6 is 23.2 Å². The summed E-state index contributed by atoms with van der Waals surface area (Å²) >= 11 is 11.0. The van der Waals surface area contributed by atoms with Crippen molar-refractivity contribution in [1.82, 2.24) is 0 Å². The highest BCUT2D eigenvalue weighted by Gasteiger charge is 2.06. The molecule has 0 fully saturated rings. The van der Waals surface area contributed by atoms with E-state index in [4.69, 9.17) is 28.4 Å². The zero-order valence-corrected chi connectivity index (χ0v) is 8.60. The van der Waals surface area contributed by atoms with Crippen LogP contribution < -0.4 is 4.73 Å². The quantitative estimate of drug-likeness (QED) is 0.327. The van der Waals surface area contributed by atoms with Crippen LogP contribution in [-0.4, -0.2) is 5.21 Å². The maximum absolute atomic E-state index is 8.96. The van der Waals surface area contributed by atoms with Gasteiger partial charge in [-0.15, -0.1) is 11.6 Å². The van der Waals surface area contributed by atoms with Gasteiger partial charge in [0, 0.05) is 16.4 Å². The molecule has 0 radical (unpaired) electrons. The number of nitrogens with zero attached hydrogens (tertiary/aromatic N) is 1. The molecule has 2 nitrogen and oxygen atoms in total. The van der Waals surface area contributed by atoms with Crippen molar-refractivity contribution in [1.29, 1.82) is 0 Å². The molecule has 0 spiro atoms. The average Bonchev–Trinajstić information content (AvgIpc) is 2.13. The zero-order chi connectivity index (χ0) is 9.56. The first-order valence-electron chi connectivity index (χ1n) is 3.69. The molecule has 0 atom stereocenters. The van der Waals surface area contributed by atoms with E-state index in [1.165, 1.54) is 6.20 Å². The largest absolute Gasteiger partial charge is 0.325 e. The van der Waals surface area contributed by atoms with Crippen LogP contribution in [0.3, 0.4) is 0 Å². The number of rotatable bonds is 1. The van der Waals surface area contributed by atoms with Crippen molar-refractivity contribution in [2.75, 3.05) is 0 Å². The minimum Gasteiger partial charge on any atom is -0.284 e. The van der Waals surface area contributed by atoms with Gasteiger partial charge in [-0.1, -0.05) is 13.8 Å². The monoisotopic (exact) mass is 208 g/mol. The summed E-state index contributed by atoms with van der Waals surface area (Å²) in [5.74, 6) is 0.373. The van der Waals surface area contributed by atoms with Crippen molar-refractivity contribution in [2.45, 2.75) is 19.7 Å². The van der Waals surface area contributed by atoms with Crippen LogP contribution in [0, 0.1) is 0 Å². The van der Waals surface area contributed by atoms with E-state index < -0.39 is 0 Å². The van der Waals surface area contributed by atoms with Crippen molar-refractivity contribution < 1.29 is 9.94 Å². The van der Waals surface area contributed by atoms with Crippen LogP contribution in [0.2, 0.25) is 5.15 Å². The zero-order valence-electron chi connectivity index (χ0n) is 7.09. The molecule has 1 rings (SSSR count). The van der Waals surface area contributed by atoms with Gasteiger partial charge in [0.25, 0.3) is 0 Å². The van der Waals surface area contributed by atoms with Gasteiger partial charge in [0.2, 0.25) is 6.20 Å². The molecule has 0 aliphatic carbocycles. The van der Waals surface area contributed by atoms with Crippen LogP contribution in [0.5, 0.6) is 0 Å². The van der Waals surface area contributed by atoms with E-state index in [0.717, 1.165) is 10.3 Å². The molecule has 1 aromatic rings. The van der Waals surface area contributed by atoms with E-state index in [-0.39, 0.29) is 5.15 Å². The van der Waals surface area contributed by atoms with Gasteiger partial charge in [-0.3, -0.25) is 5.21 Å². The summed E-state index contributed by atoms with van der Waals surface area (Å²) in [6.07, 6.45) is 1.47. The second kappa shape index (κ2) is 6.09. The topological polar surface area (TPSA) is 24.1 Å². The fourth-order valence-corrected chi connectivity index (χ4v) is 0.863. The molecule has 0 saturated carbocycles. The molecule has 1 aromatic heterocycles. The fraction of sp³-hybridized carbons (Fsp3) is 0.375. The van der Waals surface area contributed by atoms with Gasteiger partial charge in [0.1, 0.15) is 0 Å². The van der Waals surface area contributed by atoms with Crippen LogP contribution in [0.4, 0.5) is 0 Å². The lowest BCUT2D eigenvalue weighted by Gasteiger charge is -1.89. The van der Waals surface area contributed by atoms with E-state index in [2.05, 4.69) is 0 Å². The Labute approximate surface area is 82.3 Å². The third kappa shape index (κ3) is 3.28. The molecular weight excluding hydrogens is 197 g/mol. The smallest absolute Gasteiger partial charge is 0.284 e. The Morgan fingerprint density at radius 2 is 2.00 bits per heavy atom. The Balaban J connectivity index is 0.000000561. The van der Waals surface area contributed by atoms with Crippen molar-refractivity contribution in [3.05, 3.63) is 29.0 Å². The number of pyridine rings is 1. The van der Waals surface area contributed by atoms with Crippen LogP contribution in [0.1, 0.15) is 19.4 Å². The average molecular weight is 209 g/mol. The lowest BCUT2D eigenvalue weighted by molar-refractivity contribution is -0.903. The van der Waals surface area contributed by atoms with Gasteiger partial charge in [-0.2, -0.15) is 0 Å². The summed E-state index contributed by atoms with van der Waals surface area (Å²) < 4.78 is 0.833. The SMILES string of the molecule is CC.O[n+]1cc(CCl)ccc1Cl. The third-order valence-electron chi connectivity index (χ3n) is 1.10. The first-order chi connectivity index (χ1) is 5.74. The summed E-state index contributed by atoms with van der Waals surface area (Å²) in [5.41, 5.74) is 0.827. The molecule has 0 saturated heterocycles.